The topological polar surface area (TPSA) is 38.5 Å². The molecule has 1 aliphatic heterocycles. The Kier molecular flexibility index (Phi) is 0.685. The molecule has 2 rings (SSSR count). The molecule has 50 valence electrons. The van der Waals surface area contributed by atoms with Gasteiger partial charge in [-0.3, -0.25) is 0 Å². The molecule has 2 aliphatic rings. The van der Waals surface area contributed by atoms with Crippen LogP contribution in [0.25, 0.3) is 0 Å². The van der Waals surface area contributed by atoms with Crippen molar-refractivity contribution in [1.82, 2.24) is 0 Å². The van der Waals surface area contributed by atoms with E-state index in [2.05, 4.69) is 6.92 Å². The number of nitrogens with two attached hydrogens (primary N) is 1. The van der Waals surface area contributed by atoms with Crippen LogP contribution in [0.1, 0.15) is 20.3 Å². The molecule has 0 radical (unpaired) electrons. The highest BCUT2D eigenvalue weighted by Gasteiger charge is 2.50. The second-order valence-electron chi connectivity index (χ2n) is 3.32. The molecule has 9 heavy (non-hydrogen) atoms. The molecule has 1 aliphatic carbocycles. The Morgan fingerprint density at radius 2 is 2.44 bits per heavy atom. The molecule has 0 bridgehead atoms. The lowest BCUT2D eigenvalue weighted by atomic mass is 9.98. The molecule has 0 saturated heterocycles. The van der Waals surface area contributed by atoms with Crippen molar-refractivity contribution in [3.8, 4) is 0 Å². The van der Waals surface area contributed by atoms with Crippen LogP contribution in [-0.2, 0) is 4.74 Å². The van der Waals surface area contributed by atoms with E-state index in [0.29, 0.717) is 5.92 Å². The zero-order valence-electron chi connectivity index (χ0n) is 5.77. The van der Waals surface area contributed by atoms with Crippen LogP contribution in [0.15, 0.2) is 11.5 Å². The van der Waals surface area contributed by atoms with Gasteiger partial charge in [-0.05, 0) is 13.3 Å². The Morgan fingerprint density at radius 3 is 2.56 bits per heavy atom. The van der Waals surface area contributed by atoms with Gasteiger partial charge < -0.3 is 10.5 Å². The summed E-state index contributed by atoms with van der Waals surface area (Å²) < 4.78 is 5.19. The smallest absolute Gasteiger partial charge is 0.162 e. The van der Waals surface area contributed by atoms with Crippen molar-refractivity contribution in [2.24, 2.45) is 11.7 Å². The lowest BCUT2D eigenvalue weighted by Gasteiger charge is -2.19. The van der Waals surface area contributed by atoms with Crippen molar-refractivity contribution < 1.29 is 4.74 Å². The summed E-state index contributed by atoms with van der Waals surface area (Å²) in [6.07, 6.45) is 1.05. The predicted molar refractivity (Wildman–Crippen MR) is 34.5 cm³/mol. The van der Waals surface area contributed by atoms with E-state index in [1.165, 1.54) is 0 Å². The van der Waals surface area contributed by atoms with Crippen molar-refractivity contribution in [3.63, 3.8) is 0 Å². The normalized spacial score (nSPS) is 46.8. The highest BCUT2D eigenvalue weighted by molar-refractivity contribution is 5.36. The molecule has 0 saturated carbocycles. The van der Waals surface area contributed by atoms with Crippen molar-refractivity contribution >= 4 is 0 Å². The van der Waals surface area contributed by atoms with Gasteiger partial charge in [0.1, 0.15) is 5.76 Å². The number of ether oxygens (including phenoxy) is 1. The second kappa shape index (κ2) is 1.16. The van der Waals surface area contributed by atoms with E-state index in [0.717, 1.165) is 17.9 Å². The summed E-state index contributed by atoms with van der Waals surface area (Å²) in [5.41, 5.74) is 5.73. The summed E-state index contributed by atoms with van der Waals surface area (Å²) >= 11 is 0. The van der Waals surface area contributed by atoms with E-state index in [1.54, 1.807) is 0 Å². The molecule has 0 aromatic heterocycles. The van der Waals surface area contributed by atoms with Gasteiger partial charge in [-0.1, -0.05) is 6.92 Å². The minimum Gasteiger partial charge on any atom is -0.457 e. The first-order valence-electron chi connectivity index (χ1n) is 3.32. The van der Waals surface area contributed by atoms with Crippen molar-refractivity contribution in [1.29, 1.82) is 0 Å². The molecular formula is C7H11NO. The Labute approximate surface area is 54.7 Å². The molecule has 2 unspecified atom stereocenters. The van der Waals surface area contributed by atoms with Crippen LogP contribution < -0.4 is 5.73 Å². The van der Waals surface area contributed by atoms with Crippen molar-refractivity contribution in [2.75, 3.05) is 0 Å². The van der Waals surface area contributed by atoms with Gasteiger partial charge in [0.05, 0.1) is 5.54 Å². The number of hydrogen-bond donors (Lipinski definition) is 1. The summed E-state index contributed by atoms with van der Waals surface area (Å²) in [5.74, 6) is 2.77. The quantitative estimate of drug-likeness (QED) is 0.524. The van der Waals surface area contributed by atoms with Crippen LogP contribution >= 0.6 is 0 Å². The van der Waals surface area contributed by atoms with Crippen LogP contribution in [-0.4, -0.2) is 5.54 Å². The van der Waals surface area contributed by atoms with Crippen molar-refractivity contribution in [3.05, 3.63) is 11.5 Å². The van der Waals surface area contributed by atoms with Gasteiger partial charge in [-0.25, -0.2) is 0 Å². The zero-order valence-corrected chi connectivity index (χ0v) is 5.77. The minimum atomic E-state index is -0.144. The Balaban J connectivity index is 2.30. The fourth-order valence-electron chi connectivity index (χ4n) is 1.63. The summed E-state index contributed by atoms with van der Waals surface area (Å²) in [4.78, 5) is 0. The van der Waals surface area contributed by atoms with Gasteiger partial charge in [-0.2, -0.15) is 0 Å². The number of hydrogen-bond acceptors (Lipinski definition) is 2. The van der Waals surface area contributed by atoms with Crippen LogP contribution in [0.2, 0.25) is 0 Å². The van der Waals surface area contributed by atoms with Crippen LogP contribution in [0.3, 0.4) is 0 Å². The van der Waals surface area contributed by atoms with Gasteiger partial charge in [0, 0.05) is 5.92 Å². The summed E-state index contributed by atoms with van der Waals surface area (Å²) in [5, 5.41) is 0. The van der Waals surface area contributed by atoms with E-state index in [1.807, 2.05) is 6.92 Å². The Morgan fingerprint density at radius 1 is 1.78 bits per heavy atom. The standard InChI is InChI=1S/C7H11NO/c1-4-3-7(2,8)6-5(4)9-6/h4H,3,8H2,1-2H3. The molecule has 1 heterocycles. The third-order valence-corrected chi connectivity index (χ3v) is 2.09. The molecular weight excluding hydrogens is 114 g/mol. The molecule has 2 nitrogen and oxygen atoms in total. The highest BCUT2D eigenvalue weighted by atomic mass is 16.6. The second-order valence-corrected chi connectivity index (χ2v) is 3.32. The van der Waals surface area contributed by atoms with Gasteiger partial charge >= 0.3 is 0 Å². The summed E-state index contributed by atoms with van der Waals surface area (Å²) in [6.45, 7) is 4.18. The fraction of sp³-hybridized carbons (Fsp3) is 0.714. The Bertz CT molecular complexity index is 193. The first-order valence-corrected chi connectivity index (χ1v) is 3.32. The van der Waals surface area contributed by atoms with Crippen LogP contribution in [0, 0.1) is 5.92 Å². The lowest BCUT2D eigenvalue weighted by Crippen LogP contribution is -2.35. The maximum absolute atomic E-state index is 5.87. The van der Waals surface area contributed by atoms with Gasteiger partial charge in [0.2, 0.25) is 0 Å². The zero-order chi connectivity index (χ0) is 6.65. The average molecular weight is 125 g/mol. The first-order chi connectivity index (χ1) is 4.11. The van der Waals surface area contributed by atoms with Gasteiger partial charge in [-0.15, -0.1) is 0 Å². The minimum absolute atomic E-state index is 0.144. The highest BCUT2D eigenvalue weighted by Crippen LogP contribution is 2.50. The number of allylic oxidation sites excluding steroid dienone is 1. The maximum atomic E-state index is 5.87. The van der Waals surface area contributed by atoms with Gasteiger partial charge in [0.15, 0.2) is 5.76 Å². The molecule has 0 aromatic carbocycles. The van der Waals surface area contributed by atoms with Crippen molar-refractivity contribution in [2.45, 2.75) is 25.8 Å². The third kappa shape index (κ3) is 0.540. The number of rotatable bonds is 0. The lowest BCUT2D eigenvalue weighted by molar-refractivity contribution is 0.282. The summed E-state index contributed by atoms with van der Waals surface area (Å²) in [6, 6.07) is 0. The largest absolute Gasteiger partial charge is 0.457 e. The molecule has 2 atom stereocenters. The van der Waals surface area contributed by atoms with E-state index in [4.69, 9.17) is 10.5 Å². The Hall–Kier alpha value is -0.500. The van der Waals surface area contributed by atoms with Crippen LogP contribution in [0.5, 0.6) is 0 Å². The maximum Gasteiger partial charge on any atom is 0.162 e. The molecule has 2 heteroatoms. The van der Waals surface area contributed by atoms with E-state index in [9.17, 15) is 0 Å². The first kappa shape index (κ1) is 5.30. The van der Waals surface area contributed by atoms with E-state index >= 15 is 0 Å². The van der Waals surface area contributed by atoms with E-state index < -0.39 is 0 Å². The fourth-order valence-corrected chi connectivity index (χ4v) is 1.63. The SMILES string of the molecule is CC1CC(C)(N)C2=C1O2. The molecule has 0 aromatic rings. The third-order valence-electron chi connectivity index (χ3n) is 2.09. The van der Waals surface area contributed by atoms with Gasteiger partial charge in [0.25, 0.3) is 0 Å². The molecule has 0 spiro atoms. The molecule has 0 amide bonds. The van der Waals surface area contributed by atoms with Crippen LogP contribution in [0.4, 0.5) is 0 Å². The van der Waals surface area contributed by atoms with E-state index in [-0.39, 0.29) is 5.54 Å². The predicted octanol–water partition coefficient (Wildman–Crippen LogP) is 0.985. The molecule has 2 N–H and O–H groups in total. The average Bonchev–Trinajstić information content (AvgIpc) is 2.33. The molecule has 0 fully saturated rings. The monoisotopic (exact) mass is 125 g/mol. The summed E-state index contributed by atoms with van der Waals surface area (Å²) in [7, 11) is 0.